The van der Waals surface area contributed by atoms with Crippen LogP contribution in [0.25, 0.3) is 0 Å². The number of aliphatic hydroxyl groups excluding tert-OH is 3. The SMILES string of the molecule is CCCCCCCCCCCCCCCCCC[N+](C)(C)CCC[Si](OCC(C)(CO)C(=O)O)(OCC(C)(CO)C(=O)O)OCC(C)(CO)C(=O)O. The predicted octanol–water partition coefficient (Wildman–Crippen LogP) is 5.95. The largest absolute Gasteiger partial charge is 0.501 e. The third kappa shape index (κ3) is 20.1. The predicted molar refractivity (Wildman–Crippen MR) is 203 cm³/mol. The third-order valence-electron chi connectivity index (χ3n) is 10.3. The number of hydrogen-bond donors (Lipinski definition) is 6. The van der Waals surface area contributed by atoms with Gasteiger partial charge in [-0.1, -0.05) is 96.8 Å². The molecule has 3 atom stereocenters. The number of rotatable bonds is 36. The summed E-state index contributed by atoms with van der Waals surface area (Å²) in [6.07, 6.45) is 21.2. The average Bonchev–Trinajstić information content (AvgIpc) is 3.10. The molecule has 0 spiro atoms. The molecular weight excluding hydrogens is 690 g/mol. The van der Waals surface area contributed by atoms with Gasteiger partial charge in [0, 0.05) is 12.5 Å². The highest BCUT2D eigenvalue weighted by Crippen LogP contribution is 2.30. The summed E-state index contributed by atoms with van der Waals surface area (Å²) < 4.78 is 18.9. The minimum absolute atomic E-state index is 0.0804. The summed E-state index contributed by atoms with van der Waals surface area (Å²) in [6, 6.07) is 0.0804. The van der Waals surface area contributed by atoms with Gasteiger partial charge in [-0.05, 0) is 33.6 Å². The summed E-state index contributed by atoms with van der Waals surface area (Å²) in [4.78, 5) is 35.9. The molecule has 13 nitrogen and oxygen atoms in total. The van der Waals surface area contributed by atoms with Crippen LogP contribution in [-0.2, 0) is 27.7 Å². The van der Waals surface area contributed by atoms with Crippen LogP contribution >= 0.6 is 0 Å². The molecule has 0 heterocycles. The van der Waals surface area contributed by atoms with Crippen LogP contribution in [-0.4, -0.2) is 129 Å². The number of carboxylic acids is 3. The number of carbonyl (C=O) groups is 3. The standard InChI is InChI=1S/C38H75NO12Si/c1-7-8-9-10-11-12-13-14-15-16-17-18-19-20-21-22-24-39(5,6)25-23-26-52(49-30-36(2,27-40)33(43)44,50-31-37(3,28-41)34(45)46)51-32-38(4,29-42)35(47)48/h40-42H,7-32H2,1-6H3,(H2-,43,44,45,46,47,48)/p+1. The summed E-state index contributed by atoms with van der Waals surface area (Å²) in [7, 11) is 0.0831. The van der Waals surface area contributed by atoms with Crippen molar-refractivity contribution in [2.24, 2.45) is 16.2 Å². The monoisotopic (exact) mass is 767 g/mol. The van der Waals surface area contributed by atoms with Crippen LogP contribution in [0.2, 0.25) is 6.04 Å². The Hall–Kier alpha value is -1.65. The van der Waals surface area contributed by atoms with Gasteiger partial charge in [0.15, 0.2) is 0 Å². The van der Waals surface area contributed by atoms with E-state index in [1.807, 2.05) is 0 Å². The summed E-state index contributed by atoms with van der Waals surface area (Å²) in [5.74, 6) is -4.03. The first-order valence-electron chi connectivity index (χ1n) is 19.7. The van der Waals surface area contributed by atoms with E-state index in [1.165, 1.54) is 111 Å². The van der Waals surface area contributed by atoms with Gasteiger partial charge in [0.2, 0.25) is 0 Å². The number of carboxylic acid groups (broad SMARTS) is 3. The van der Waals surface area contributed by atoms with Crippen molar-refractivity contribution in [3.63, 3.8) is 0 Å². The first kappa shape index (κ1) is 50.3. The van der Waals surface area contributed by atoms with E-state index in [2.05, 4.69) is 21.0 Å². The molecule has 0 aromatic carbocycles. The Morgan fingerprint density at radius 3 is 1.04 bits per heavy atom. The van der Waals surface area contributed by atoms with Crippen LogP contribution in [0, 0.1) is 16.2 Å². The Morgan fingerprint density at radius 1 is 0.500 bits per heavy atom. The number of nitrogens with zero attached hydrogens (tertiary/aromatic N) is 1. The molecule has 0 fully saturated rings. The van der Waals surface area contributed by atoms with Crippen LogP contribution in [0.15, 0.2) is 0 Å². The highest BCUT2D eigenvalue weighted by atomic mass is 28.4. The molecule has 0 aliphatic carbocycles. The molecule has 0 amide bonds. The lowest BCUT2D eigenvalue weighted by molar-refractivity contribution is -0.890. The fourth-order valence-corrected chi connectivity index (χ4v) is 8.49. The first-order valence-corrected chi connectivity index (χ1v) is 21.6. The molecule has 3 unspecified atom stereocenters. The summed E-state index contributed by atoms with van der Waals surface area (Å²) in [5.41, 5.74) is -5.27. The molecule has 0 rings (SSSR count). The second kappa shape index (κ2) is 26.2. The van der Waals surface area contributed by atoms with E-state index < -0.39 is 82.6 Å². The topological polar surface area (TPSA) is 200 Å². The van der Waals surface area contributed by atoms with Gasteiger partial charge < -0.3 is 48.4 Å². The van der Waals surface area contributed by atoms with Gasteiger partial charge in [-0.25, -0.2) is 0 Å². The highest BCUT2D eigenvalue weighted by Gasteiger charge is 2.49. The maximum absolute atomic E-state index is 12.0. The Morgan fingerprint density at radius 2 is 0.769 bits per heavy atom. The van der Waals surface area contributed by atoms with Crippen LogP contribution < -0.4 is 0 Å². The lowest BCUT2D eigenvalue weighted by Gasteiger charge is -2.37. The van der Waals surface area contributed by atoms with Crippen molar-refractivity contribution < 1.29 is 62.8 Å². The van der Waals surface area contributed by atoms with Crippen molar-refractivity contribution in [1.29, 1.82) is 0 Å². The zero-order valence-corrected chi connectivity index (χ0v) is 34.5. The van der Waals surface area contributed by atoms with Crippen LogP contribution in [0.3, 0.4) is 0 Å². The van der Waals surface area contributed by atoms with Crippen molar-refractivity contribution in [3.05, 3.63) is 0 Å². The molecular formula is C38H76NO12Si+. The number of aliphatic carboxylic acids is 3. The van der Waals surface area contributed by atoms with Gasteiger partial charge in [-0.2, -0.15) is 0 Å². The van der Waals surface area contributed by atoms with Crippen LogP contribution in [0.4, 0.5) is 0 Å². The normalized spacial score (nSPS) is 16.8. The number of quaternary nitrogens is 1. The molecule has 0 aliphatic heterocycles. The number of hydrogen-bond acceptors (Lipinski definition) is 9. The van der Waals surface area contributed by atoms with Crippen molar-refractivity contribution in [2.75, 3.05) is 66.8 Å². The van der Waals surface area contributed by atoms with Gasteiger partial charge in [0.05, 0.1) is 66.8 Å². The van der Waals surface area contributed by atoms with Gasteiger partial charge >= 0.3 is 26.7 Å². The number of aliphatic hydroxyl groups is 3. The van der Waals surface area contributed by atoms with E-state index in [0.29, 0.717) is 17.4 Å². The van der Waals surface area contributed by atoms with Crippen molar-refractivity contribution in [1.82, 2.24) is 0 Å². The van der Waals surface area contributed by atoms with Crippen LogP contribution in [0.1, 0.15) is 137 Å². The molecule has 0 aromatic rings. The summed E-state index contributed by atoms with van der Waals surface area (Å²) in [5, 5.41) is 58.9. The van der Waals surface area contributed by atoms with E-state index in [-0.39, 0.29) is 6.04 Å². The molecule has 0 radical (unpaired) electrons. The zero-order valence-electron chi connectivity index (χ0n) is 33.5. The minimum Gasteiger partial charge on any atom is -0.481 e. The zero-order chi connectivity index (χ0) is 39.7. The molecule has 0 saturated carbocycles. The van der Waals surface area contributed by atoms with Gasteiger partial charge in [0.25, 0.3) is 0 Å². The number of unbranched alkanes of at least 4 members (excludes halogenated alkanes) is 15. The lowest BCUT2D eigenvalue weighted by Crippen LogP contribution is -2.55. The Bertz CT molecular complexity index is 922. The van der Waals surface area contributed by atoms with E-state index in [0.717, 1.165) is 19.4 Å². The van der Waals surface area contributed by atoms with Crippen molar-refractivity contribution in [3.8, 4) is 0 Å². The maximum Gasteiger partial charge on any atom is 0.501 e. The van der Waals surface area contributed by atoms with Gasteiger partial charge in [-0.3, -0.25) is 14.4 Å². The lowest BCUT2D eigenvalue weighted by atomic mass is 9.94. The first-order chi connectivity index (χ1) is 24.4. The van der Waals surface area contributed by atoms with E-state index >= 15 is 0 Å². The minimum atomic E-state index is -4.12. The van der Waals surface area contributed by atoms with Crippen molar-refractivity contribution in [2.45, 2.75) is 143 Å². The van der Waals surface area contributed by atoms with E-state index in [1.54, 1.807) is 0 Å². The van der Waals surface area contributed by atoms with Crippen molar-refractivity contribution >= 4 is 26.7 Å². The maximum atomic E-state index is 12.0. The molecule has 308 valence electrons. The molecule has 14 heteroatoms. The fraction of sp³-hybridized carbons (Fsp3) is 0.921. The Kier molecular flexibility index (Phi) is 25.4. The highest BCUT2D eigenvalue weighted by molar-refractivity contribution is 6.60. The average molecular weight is 767 g/mol. The van der Waals surface area contributed by atoms with Gasteiger partial charge in [0.1, 0.15) is 16.2 Å². The second-order valence-electron chi connectivity index (χ2n) is 16.4. The molecule has 6 N–H and O–H groups in total. The quantitative estimate of drug-likeness (QED) is 0.0249. The molecule has 0 bridgehead atoms. The summed E-state index contributed by atoms with van der Waals surface area (Å²) in [6.45, 7) is 3.63. The van der Waals surface area contributed by atoms with Gasteiger partial charge in [-0.15, -0.1) is 0 Å². The Labute approximate surface area is 315 Å². The molecule has 0 aliphatic rings. The third-order valence-corrected chi connectivity index (χ3v) is 13.0. The molecule has 52 heavy (non-hydrogen) atoms. The molecule has 0 aromatic heterocycles. The second-order valence-corrected chi connectivity index (χ2v) is 19.1. The van der Waals surface area contributed by atoms with E-state index in [4.69, 9.17) is 13.3 Å². The fourth-order valence-electron chi connectivity index (χ4n) is 5.60. The van der Waals surface area contributed by atoms with E-state index in [9.17, 15) is 45.0 Å². The molecule has 0 saturated heterocycles. The Balaban J connectivity index is 5.27. The summed E-state index contributed by atoms with van der Waals surface area (Å²) >= 11 is 0. The smallest absolute Gasteiger partial charge is 0.481 e. The van der Waals surface area contributed by atoms with Crippen LogP contribution in [0.5, 0.6) is 0 Å².